The molecule has 1 aromatic rings. The van der Waals surface area contributed by atoms with Crippen molar-refractivity contribution >= 4 is 5.97 Å². The second-order valence-corrected chi connectivity index (χ2v) is 4.89. The average molecular weight is 217 g/mol. The highest BCUT2D eigenvalue weighted by Crippen LogP contribution is 2.51. The summed E-state index contributed by atoms with van der Waals surface area (Å²) in [4.78, 5) is 16.1. The van der Waals surface area contributed by atoms with Gasteiger partial charge in [-0.2, -0.15) is 0 Å². The number of ether oxygens (including phenoxy) is 1. The minimum atomic E-state index is -0.500. The molecule has 0 spiro atoms. The van der Waals surface area contributed by atoms with E-state index in [9.17, 15) is 4.79 Å². The molecule has 3 atom stereocenters. The van der Waals surface area contributed by atoms with E-state index in [1.165, 1.54) is 0 Å². The van der Waals surface area contributed by atoms with Crippen LogP contribution in [0.1, 0.15) is 31.9 Å². The van der Waals surface area contributed by atoms with E-state index in [0.717, 1.165) is 25.0 Å². The summed E-state index contributed by atoms with van der Waals surface area (Å²) in [6.07, 6.45) is 4.94. The Kier molecular flexibility index (Phi) is 2.03. The fourth-order valence-electron chi connectivity index (χ4n) is 3.16. The number of hydrogen-bond donors (Lipinski definition) is 0. The summed E-state index contributed by atoms with van der Waals surface area (Å²) in [5.41, 5.74) is 0.386. The molecule has 1 aromatic heterocycles. The van der Waals surface area contributed by atoms with Gasteiger partial charge in [0.25, 0.3) is 0 Å². The number of esters is 1. The van der Waals surface area contributed by atoms with Gasteiger partial charge in [0, 0.05) is 12.1 Å². The molecule has 3 heteroatoms. The summed E-state index contributed by atoms with van der Waals surface area (Å²) in [6.45, 7) is 2.00. The summed E-state index contributed by atoms with van der Waals surface area (Å²) >= 11 is 0. The maximum absolute atomic E-state index is 11.8. The zero-order valence-electron chi connectivity index (χ0n) is 9.35. The quantitative estimate of drug-likeness (QED) is 0.677. The van der Waals surface area contributed by atoms with Crippen molar-refractivity contribution in [1.29, 1.82) is 0 Å². The summed E-state index contributed by atoms with van der Waals surface area (Å²) in [7, 11) is 0. The van der Waals surface area contributed by atoms with Gasteiger partial charge in [0.1, 0.15) is 0 Å². The number of rotatable bonds is 1. The van der Waals surface area contributed by atoms with Crippen LogP contribution in [-0.4, -0.2) is 11.0 Å². The first-order chi connectivity index (χ1) is 7.72. The molecule has 3 rings (SSSR count). The summed E-state index contributed by atoms with van der Waals surface area (Å²) in [6, 6.07) is 5.79. The molecule has 0 radical (unpaired) electrons. The molecular weight excluding hydrogens is 202 g/mol. The second-order valence-electron chi connectivity index (χ2n) is 4.89. The van der Waals surface area contributed by atoms with Gasteiger partial charge in [0.15, 0.2) is 5.60 Å². The zero-order valence-corrected chi connectivity index (χ0v) is 9.35. The van der Waals surface area contributed by atoms with Crippen LogP contribution in [0.25, 0.3) is 0 Å². The number of pyridine rings is 1. The summed E-state index contributed by atoms with van der Waals surface area (Å²) < 4.78 is 5.60. The molecule has 2 heterocycles. The topological polar surface area (TPSA) is 39.2 Å². The van der Waals surface area contributed by atoms with Gasteiger partial charge in [-0.25, -0.2) is 0 Å². The lowest BCUT2D eigenvalue weighted by Gasteiger charge is -2.27. The van der Waals surface area contributed by atoms with Crippen LogP contribution in [0.2, 0.25) is 0 Å². The first kappa shape index (κ1) is 9.82. The van der Waals surface area contributed by atoms with Gasteiger partial charge in [-0.1, -0.05) is 12.5 Å². The Morgan fingerprint density at radius 3 is 3.06 bits per heavy atom. The van der Waals surface area contributed by atoms with Gasteiger partial charge in [0.2, 0.25) is 0 Å². The molecule has 0 bridgehead atoms. The SMILES string of the molecule is C[C@@]1(c2ccccn2)OC(=O)[C@H]2CCC[C@H]21. The minimum Gasteiger partial charge on any atom is -0.452 e. The van der Waals surface area contributed by atoms with E-state index in [2.05, 4.69) is 4.98 Å². The Morgan fingerprint density at radius 2 is 2.31 bits per heavy atom. The third kappa shape index (κ3) is 1.20. The Labute approximate surface area is 94.8 Å². The standard InChI is InChI=1S/C13H15NO2/c1-13(11-7-2-3-8-14-11)10-6-4-5-9(10)12(15)16-13/h2-3,7-10H,4-6H2,1H3/t9-,10+,13+/m0/s1. The Balaban J connectivity index is 2.03. The van der Waals surface area contributed by atoms with Crippen molar-refractivity contribution in [3.05, 3.63) is 30.1 Å². The van der Waals surface area contributed by atoms with Gasteiger partial charge in [0.05, 0.1) is 11.6 Å². The van der Waals surface area contributed by atoms with Crippen molar-refractivity contribution in [2.24, 2.45) is 11.8 Å². The molecule has 1 saturated carbocycles. The molecule has 16 heavy (non-hydrogen) atoms. The summed E-state index contributed by atoms with van der Waals surface area (Å²) in [5, 5.41) is 0. The van der Waals surface area contributed by atoms with Crippen molar-refractivity contribution in [2.75, 3.05) is 0 Å². The number of aromatic nitrogens is 1. The van der Waals surface area contributed by atoms with E-state index in [1.54, 1.807) is 6.20 Å². The molecule has 0 amide bonds. The molecule has 0 aromatic carbocycles. The molecule has 0 N–H and O–H groups in total. The molecule has 0 unspecified atom stereocenters. The monoisotopic (exact) mass is 217 g/mol. The zero-order chi connectivity index (χ0) is 11.2. The Hall–Kier alpha value is -1.38. The lowest BCUT2D eigenvalue weighted by molar-refractivity contribution is -0.151. The molecular formula is C13H15NO2. The van der Waals surface area contributed by atoms with E-state index >= 15 is 0 Å². The predicted molar refractivity (Wildman–Crippen MR) is 58.5 cm³/mol. The van der Waals surface area contributed by atoms with E-state index in [-0.39, 0.29) is 11.9 Å². The van der Waals surface area contributed by atoms with Crippen LogP contribution in [0.5, 0.6) is 0 Å². The third-order valence-corrected chi connectivity index (χ3v) is 4.01. The lowest BCUT2D eigenvalue weighted by Crippen LogP contribution is -2.30. The number of hydrogen-bond acceptors (Lipinski definition) is 3. The highest BCUT2D eigenvalue weighted by molar-refractivity contribution is 5.76. The lowest BCUT2D eigenvalue weighted by atomic mass is 9.82. The number of carbonyl (C=O) groups excluding carboxylic acids is 1. The summed E-state index contributed by atoms with van der Waals surface area (Å²) in [5.74, 6) is 0.387. The van der Waals surface area contributed by atoms with Crippen molar-refractivity contribution in [1.82, 2.24) is 4.98 Å². The van der Waals surface area contributed by atoms with Crippen LogP contribution < -0.4 is 0 Å². The van der Waals surface area contributed by atoms with Crippen molar-refractivity contribution in [3.63, 3.8) is 0 Å². The number of carbonyl (C=O) groups is 1. The molecule has 84 valence electrons. The molecule has 3 nitrogen and oxygen atoms in total. The highest BCUT2D eigenvalue weighted by atomic mass is 16.6. The molecule has 2 aliphatic rings. The van der Waals surface area contributed by atoms with Crippen molar-refractivity contribution in [3.8, 4) is 0 Å². The fourth-order valence-corrected chi connectivity index (χ4v) is 3.16. The third-order valence-electron chi connectivity index (χ3n) is 4.01. The first-order valence-corrected chi connectivity index (χ1v) is 5.86. The van der Waals surface area contributed by atoms with Crippen LogP contribution in [0.15, 0.2) is 24.4 Å². The fraction of sp³-hybridized carbons (Fsp3) is 0.538. The number of cyclic esters (lactones) is 1. The van der Waals surface area contributed by atoms with E-state index in [4.69, 9.17) is 4.74 Å². The maximum Gasteiger partial charge on any atom is 0.310 e. The number of nitrogens with zero attached hydrogens (tertiary/aromatic N) is 1. The van der Waals surface area contributed by atoms with Crippen molar-refractivity contribution in [2.45, 2.75) is 31.8 Å². The van der Waals surface area contributed by atoms with Gasteiger partial charge in [-0.05, 0) is 31.9 Å². The minimum absolute atomic E-state index is 0.0318. The van der Waals surface area contributed by atoms with Gasteiger partial charge in [-0.15, -0.1) is 0 Å². The Morgan fingerprint density at radius 1 is 1.44 bits per heavy atom. The first-order valence-electron chi connectivity index (χ1n) is 5.86. The predicted octanol–water partition coefficient (Wildman–Crippen LogP) is 2.27. The van der Waals surface area contributed by atoms with Gasteiger partial charge in [-0.3, -0.25) is 9.78 Å². The molecule has 1 saturated heterocycles. The molecule has 1 aliphatic heterocycles. The van der Waals surface area contributed by atoms with Crippen LogP contribution in [0.4, 0.5) is 0 Å². The largest absolute Gasteiger partial charge is 0.452 e. The van der Waals surface area contributed by atoms with E-state index < -0.39 is 5.60 Å². The van der Waals surface area contributed by atoms with Crippen LogP contribution in [0, 0.1) is 11.8 Å². The smallest absolute Gasteiger partial charge is 0.310 e. The van der Waals surface area contributed by atoms with Crippen LogP contribution in [0.3, 0.4) is 0 Å². The highest BCUT2D eigenvalue weighted by Gasteiger charge is 2.55. The molecule has 1 aliphatic carbocycles. The van der Waals surface area contributed by atoms with Crippen LogP contribution in [-0.2, 0) is 15.1 Å². The van der Waals surface area contributed by atoms with E-state index in [1.807, 2.05) is 25.1 Å². The maximum atomic E-state index is 11.8. The van der Waals surface area contributed by atoms with Gasteiger partial charge < -0.3 is 4.74 Å². The van der Waals surface area contributed by atoms with Crippen LogP contribution >= 0.6 is 0 Å². The van der Waals surface area contributed by atoms with E-state index in [0.29, 0.717) is 5.92 Å². The number of fused-ring (bicyclic) bond motifs is 1. The van der Waals surface area contributed by atoms with Crippen molar-refractivity contribution < 1.29 is 9.53 Å². The Bertz CT molecular complexity index is 417. The second kappa shape index (κ2) is 3.30. The van der Waals surface area contributed by atoms with Gasteiger partial charge >= 0.3 is 5.97 Å². The normalized spacial score (nSPS) is 37.2. The molecule has 2 fully saturated rings. The average Bonchev–Trinajstić information content (AvgIpc) is 2.86.